The highest BCUT2D eigenvalue weighted by molar-refractivity contribution is 5.85. The van der Waals surface area contributed by atoms with Crippen molar-refractivity contribution >= 4 is 10.9 Å². The molecule has 0 bridgehead atoms. The molecular formula is C16H21NO3. The lowest BCUT2D eigenvalue weighted by molar-refractivity contribution is -0.0120. The van der Waals surface area contributed by atoms with Crippen molar-refractivity contribution < 1.29 is 14.6 Å². The van der Waals surface area contributed by atoms with Gasteiger partial charge in [-0.05, 0) is 32.9 Å². The lowest BCUT2D eigenvalue weighted by atomic mass is 10.2. The highest BCUT2D eigenvalue weighted by atomic mass is 16.5. The molecule has 0 radical (unpaired) electrons. The zero-order valence-electron chi connectivity index (χ0n) is 12.2. The summed E-state index contributed by atoms with van der Waals surface area (Å²) in [6.45, 7) is 6.29. The molecular weight excluding hydrogens is 254 g/mol. The Labute approximate surface area is 119 Å². The molecule has 0 aliphatic heterocycles. The molecule has 4 nitrogen and oxygen atoms in total. The van der Waals surface area contributed by atoms with Gasteiger partial charge in [-0.2, -0.15) is 0 Å². The average Bonchev–Trinajstić information content (AvgIpc) is 2.42. The first-order chi connectivity index (χ1) is 9.56. The van der Waals surface area contributed by atoms with Crippen molar-refractivity contribution in [1.29, 1.82) is 0 Å². The predicted octanol–water partition coefficient (Wildman–Crippen LogP) is 2.71. The van der Waals surface area contributed by atoms with Crippen LogP contribution in [0.4, 0.5) is 0 Å². The van der Waals surface area contributed by atoms with Crippen LogP contribution in [0.5, 0.6) is 5.75 Å². The number of pyridine rings is 1. The summed E-state index contributed by atoms with van der Waals surface area (Å²) in [5.74, 6) is 0.747. The van der Waals surface area contributed by atoms with E-state index in [-0.39, 0.29) is 19.3 Å². The van der Waals surface area contributed by atoms with Crippen LogP contribution in [0.1, 0.15) is 19.5 Å². The maximum Gasteiger partial charge on any atom is 0.130 e. The Morgan fingerprint density at radius 1 is 1.20 bits per heavy atom. The second kappa shape index (κ2) is 6.68. The van der Waals surface area contributed by atoms with E-state index in [1.165, 1.54) is 0 Å². The lowest BCUT2D eigenvalue weighted by Gasteiger charge is -2.15. The molecule has 1 N–H and O–H groups in total. The molecule has 0 unspecified atom stereocenters. The molecule has 0 aliphatic carbocycles. The van der Waals surface area contributed by atoms with E-state index in [4.69, 9.17) is 9.47 Å². The third-order valence-corrected chi connectivity index (χ3v) is 2.86. The van der Waals surface area contributed by atoms with Gasteiger partial charge >= 0.3 is 0 Å². The van der Waals surface area contributed by atoms with Crippen molar-refractivity contribution in [2.75, 3.05) is 13.2 Å². The summed E-state index contributed by atoms with van der Waals surface area (Å²) < 4.78 is 11.1. The SMILES string of the molecule is Cc1cc(OC[C@@H](O)COC(C)C)c2ccccc2n1. The van der Waals surface area contributed by atoms with Crippen LogP contribution in [-0.4, -0.2) is 35.5 Å². The van der Waals surface area contributed by atoms with Gasteiger partial charge in [0.15, 0.2) is 0 Å². The zero-order valence-corrected chi connectivity index (χ0v) is 12.2. The van der Waals surface area contributed by atoms with E-state index in [2.05, 4.69) is 4.98 Å². The predicted molar refractivity (Wildman–Crippen MR) is 79.1 cm³/mol. The van der Waals surface area contributed by atoms with Crippen LogP contribution in [-0.2, 0) is 4.74 Å². The number of nitrogens with zero attached hydrogens (tertiary/aromatic N) is 1. The van der Waals surface area contributed by atoms with E-state index in [0.29, 0.717) is 0 Å². The van der Waals surface area contributed by atoms with Gasteiger partial charge in [0.2, 0.25) is 0 Å². The molecule has 108 valence electrons. The number of fused-ring (bicyclic) bond motifs is 1. The van der Waals surface area contributed by atoms with Gasteiger partial charge in [0.1, 0.15) is 18.5 Å². The molecule has 1 aromatic carbocycles. The van der Waals surface area contributed by atoms with Gasteiger partial charge in [0, 0.05) is 17.1 Å². The van der Waals surface area contributed by atoms with Gasteiger partial charge in [-0.3, -0.25) is 4.98 Å². The van der Waals surface area contributed by atoms with Crippen LogP contribution < -0.4 is 4.74 Å². The average molecular weight is 275 g/mol. The van der Waals surface area contributed by atoms with Crippen molar-refractivity contribution in [3.8, 4) is 5.75 Å². The number of aliphatic hydroxyl groups excluding tert-OH is 1. The Kier molecular flexibility index (Phi) is 4.93. The summed E-state index contributed by atoms with van der Waals surface area (Å²) in [7, 11) is 0. The van der Waals surface area contributed by atoms with Gasteiger partial charge in [-0.1, -0.05) is 12.1 Å². The fraction of sp³-hybridized carbons (Fsp3) is 0.438. The maximum atomic E-state index is 9.84. The highest BCUT2D eigenvalue weighted by Crippen LogP contribution is 2.25. The van der Waals surface area contributed by atoms with Crippen LogP contribution in [0.3, 0.4) is 0 Å². The van der Waals surface area contributed by atoms with Crippen molar-refractivity contribution in [2.45, 2.75) is 33.0 Å². The van der Waals surface area contributed by atoms with Gasteiger partial charge in [-0.25, -0.2) is 0 Å². The topological polar surface area (TPSA) is 51.6 Å². The minimum atomic E-state index is -0.635. The molecule has 20 heavy (non-hydrogen) atoms. The lowest BCUT2D eigenvalue weighted by Crippen LogP contribution is -2.25. The Morgan fingerprint density at radius 3 is 2.70 bits per heavy atom. The zero-order chi connectivity index (χ0) is 14.5. The Bertz CT molecular complexity index is 569. The van der Waals surface area contributed by atoms with Gasteiger partial charge in [0.05, 0.1) is 18.2 Å². The first-order valence-corrected chi connectivity index (χ1v) is 6.85. The molecule has 1 atom stereocenters. The van der Waals surface area contributed by atoms with Gasteiger partial charge in [0.25, 0.3) is 0 Å². The van der Waals surface area contributed by atoms with Crippen molar-refractivity contribution in [1.82, 2.24) is 4.98 Å². The van der Waals surface area contributed by atoms with Crippen molar-refractivity contribution in [3.05, 3.63) is 36.0 Å². The quantitative estimate of drug-likeness (QED) is 0.880. The van der Waals surface area contributed by atoms with Crippen LogP contribution in [0.25, 0.3) is 10.9 Å². The summed E-state index contributed by atoms with van der Waals surface area (Å²) in [6, 6.07) is 9.70. The van der Waals surface area contributed by atoms with Gasteiger partial charge < -0.3 is 14.6 Å². The molecule has 0 amide bonds. The maximum absolute atomic E-state index is 9.84. The minimum Gasteiger partial charge on any atom is -0.490 e. The minimum absolute atomic E-state index is 0.105. The van der Waals surface area contributed by atoms with Crippen molar-refractivity contribution in [2.24, 2.45) is 0 Å². The van der Waals surface area contributed by atoms with Crippen LogP contribution >= 0.6 is 0 Å². The molecule has 1 heterocycles. The van der Waals surface area contributed by atoms with Crippen LogP contribution in [0.2, 0.25) is 0 Å². The normalized spacial score (nSPS) is 12.8. The number of benzene rings is 1. The standard InChI is InChI=1S/C16H21NO3/c1-11(2)19-9-13(18)10-20-16-8-12(3)17-15-7-5-4-6-14(15)16/h4-8,11,13,18H,9-10H2,1-3H3/t13-/m0/s1. The summed E-state index contributed by atoms with van der Waals surface area (Å²) >= 11 is 0. The number of hydrogen-bond donors (Lipinski definition) is 1. The molecule has 0 saturated heterocycles. The number of rotatable bonds is 6. The first kappa shape index (κ1) is 14.8. The molecule has 2 rings (SSSR count). The van der Waals surface area contributed by atoms with Crippen LogP contribution in [0, 0.1) is 6.92 Å². The second-order valence-corrected chi connectivity index (χ2v) is 5.13. The molecule has 0 fully saturated rings. The van der Waals surface area contributed by atoms with E-state index in [1.54, 1.807) is 0 Å². The van der Waals surface area contributed by atoms with E-state index in [0.717, 1.165) is 22.3 Å². The van der Waals surface area contributed by atoms with E-state index in [1.807, 2.05) is 51.1 Å². The smallest absolute Gasteiger partial charge is 0.130 e. The van der Waals surface area contributed by atoms with Crippen LogP contribution in [0.15, 0.2) is 30.3 Å². The number of hydrogen-bond acceptors (Lipinski definition) is 4. The summed E-state index contributed by atoms with van der Waals surface area (Å²) in [5.41, 5.74) is 1.79. The highest BCUT2D eigenvalue weighted by Gasteiger charge is 2.09. The Hall–Kier alpha value is -1.65. The Morgan fingerprint density at radius 2 is 1.95 bits per heavy atom. The first-order valence-electron chi connectivity index (χ1n) is 6.85. The summed E-state index contributed by atoms with van der Waals surface area (Å²) in [5, 5.41) is 10.8. The monoisotopic (exact) mass is 275 g/mol. The second-order valence-electron chi connectivity index (χ2n) is 5.13. The number of ether oxygens (including phenoxy) is 2. The number of aromatic nitrogens is 1. The molecule has 0 spiro atoms. The fourth-order valence-electron chi connectivity index (χ4n) is 1.93. The third kappa shape index (κ3) is 3.92. The molecule has 2 aromatic rings. The third-order valence-electron chi connectivity index (χ3n) is 2.86. The molecule has 1 aromatic heterocycles. The van der Waals surface area contributed by atoms with E-state index < -0.39 is 6.10 Å². The number of aryl methyl sites for hydroxylation is 1. The van der Waals surface area contributed by atoms with E-state index in [9.17, 15) is 5.11 Å². The van der Waals surface area contributed by atoms with Gasteiger partial charge in [-0.15, -0.1) is 0 Å². The fourth-order valence-corrected chi connectivity index (χ4v) is 1.93. The molecule has 0 aliphatic rings. The largest absolute Gasteiger partial charge is 0.490 e. The summed E-state index contributed by atoms with van der Waals surface area (Å²) in [4.78, 5) is 4.46. The van der Waals surface area contributed by atoms with Crippen molar-refractivity contribution in [3.63, 3.8) is 0 Å². The number of aliphatic hydroxyl groups is 1. The number of para-hydroxylation sites is 1. The molecule has 4 heteroatoms. The Balaban J connectivity index is 2.06. The summed E-state index contributed by atoms with van der Waals surface area (Å²) in [6.07, 6.45) is -0.529. The van der Waals surface area contributed by atoms with E-state index >= 15 is 0 Å². The molecule has 0 saturated carbocycles.